The van der Waals surface area contributed by atoms with Gasteiger partial charge in [-0.25, -0.2) is 9.36 Å². The summed E-state index contributed by atoms with van der Waals surface area (Å²) in [5.41, 5.74) is 4.47. The molecule has 1 aromatic rings. The number of hydrogen-bond donors (Lipinski definition) is 2. The molecule has 90 valence electrons. The van der Waals surface area contributed by atoms with Crippen LogP contribution in [0.3, 0.4) is 0 Å². The smallest absolute Gasteiger partial charge is 0.334 e. The van der Waals surface area contributed by atoms with E-state index in [4.69, 9.17) is 5.73 Å². The van der Waals surface area contributed by atoms with Gasteiger partial charge in [-0.15, -0.1) is 0 Å². The fraction of sp³-hybridized carbons (Fsp3) is 0.600. The van der Waals surface area contributed by atoms with Gasteiger partial charge < -0.3 is 10.8 Å². The van der Waals surface area contributed by atoms with Crippen LogP contribution in [0, 0.1) is 0 Å². The molecule has 1 aromatic heterocycles. The molecule has 0 fully saturated rings. The molecule has 0 saturated carbocycles. The normalized spacial score (nSPS) is 12.7. The average Bonchev–Trinajstić information content (AvgIpc) is 2.23. The number of aliphatic hydroxyl groups excluding tert-OH is 1. The highest BCUT2D eigenvalue weighted by Crippen LogP contribution is 2.02. The van der Waals surface area contributed by atoms with E-state index in [0.29, 0.717) is 13.0 Å². The van der Waals surface area contributed by atoms with Crippen LogP contribution in [0.5, 0.6) is 0 Å². The largest absolute Gasteiger partial charge is 0.385 e. The molecular formula is C10H17N3O3. The number of aliphatic hydroxyl groups is 1. The molecule has 1 unspecified atom stereocenters. The second-order valence-electron chi connectivity index (χ2n) is 3.60. The highest BCUT2D eigenvalue weighted by atomic mass is 16.3. The van der Waals surface area contributed by atoms with Crippen LogP contribution in [0.2, 0.25) is 0 Å². The maximum Gasteiger partial charge on any atom is 0.334 e. The molecule has 0 aliphatic heterocycles. The van der Waals surface area contributed by atoms with Crippen LogP contribution in [0.25, 0.3) is 0 Å². The van der Waals surface area contributed by atoms with Crippen LogP contribution < -0.4 is 17.0 Å². The van der Waals surface area contributed by atoms with Gasteiger partial charge in [0.25, 0.3) is 5.56 Å². The Kier molecular flexibility index (Phi) is 3.89. The molecule has 0 saturated heterocycles. The monoisotopic (exact) mass is 227 g/mol. The summed E-state index contributed by atoms with van der Waals surface area (Å²) >= 11 is 0. The quantitative estimate of drug-likeness (QED) is 0.751. The number of rotatable bonds is 4. The van der Waals surface area contributed by atoms with Crippen molar-refractivity contribution in [1.29, 1.82) is 0 Å². The number of nitrogen functional groups attached to an aromatic ring is 1. The van der Waals surface area contributed by atoms with Crippen LogP contribution >= 0.6 is 0 Å². The van der Waals surface area contributed by atoms with Crippen LogP contribution in [0.4, 0.5) is 5.82 Å². The highest BCUT2D eigenvalue weighted by Gasteiger charge is 2.13. The first-order chi connectivity index (χ1) is 7.52. The molecule has 3 N–H and O–H groups in total. The van der Waals surface area contributed by atoms with Crippen molar-refractivity contribution in [3.05, 3.63) is 26.9 Å². The standard InChI is InChI=1S/C10H17N3O3/c1-3-5-12-7(11)6-9(15)13(10(12)16)8(14)4-2/h6,8,14H,3-5,11H2,1-2H3. The second-order valence-corrected chi connectivity index (χ2v) is 3.60. The Bertz CT molecular complexity index is 475. The van der Waals surface area contributed by atoms with E-state index in [9.17, 15) is 14.7 Å². The van der Waals surface area contributed by atoms with Crippen molar-refractivity contribution in [2.75, 3.05) is 5.73 Å². The molecule has 6 nitrogen and oxygen atoms in total. The highest BCUT2D eigenvalue weighted by molar-refractivity contribution is 5.26. The van der Waals surface area contributed by atoms with E-state index in [1.807, 2.05) is 6.92 Å². The van der Waals surface area contributed by atoms with Crippen LogP contribution in [0.1, 0.15) is 32.9 Å². The van der Waals surface area contributed by atoms with Crippen LogP contribution in [0.15, 0.2) is 15.7 Å². The first kappa shape index (κ1) is 12.5. The van der Waals surface area contributed by atoms with Crippen LogP contribution in [-0.2, 0) is 6.54 Å². The molecule has 1 atom stereocenters. The second kappa shape index (κ2) is 4.98. The Hall–Kier alpha value is -1.56. The number of anilines is 1. The van der Waals surface area contributed by atoms with Gasteiger partial charge in [-0.2, -0.15) is 0 Å². The lowest BCUT2D eigenvalue weighted by Gasteiger charge is -2.15. The lowest BCUT2D eigenvalue weighted by molar-refractivity contribution is 0.0896. The first-order valence-electron chi connectivity index (χ1n) is 5.32. The Morgan fingerprint density at radius 2 is 2.06 bits per heavy atom. The summed E-state index contributed by atoms with van der Waals surface area (Å²) in [6, 6.07) is 1.16. The van der Waals surface area contributed by atoms with E-state index in [2.05, 4.69) is 0 Å². The van der Waals surface area contributed by atoms with E-state index in [0.717, 1.165) is 17.1 Å². The third-order valence-electron chi connectivity index (χ3n) is 2.37. The molecule has 0 aliphatic rings. The van der Waals surface area contributed by atoms with Gasteiger partial charge in [-0.3, -0.25) is 9.36 Å². The molecule has 0 radical (unpaired) electrons. The van der Waals surface area contributed by atoms with Gasteiger partial charge in [0.2, 0.25) is 0 Å². The predicted octanol–water partition coefficient (Wildman–Crippen LogP) is -0.0969. The Labute approximate surface area is 92.9 Å². The third-order valence-corrected chi connectivity index (χ3v) is 2.37. The van der Waals surface area contributed by atoms with E-state index in [-0.39, 0.29) is 5.82 Å². The van der Waals surface area contributed by atoms with Gasteiger partial charge in [0.15, 0.2) is 0 Å². The minimum absolute atomic E-state index is 0.136. The molecule has 0 bridgehead atoms. The summed E-state index contributed by atoms with van der Waals surface area (Å²) in [6.45, 7) is 4.02. The number of aromatic nitrogens is 2. The van der Waals surface area contributed by atoms with Gasteiger partial charge in [-0.1, -0.05) is 13.8 Å². The molecule has 0 aliphatic carbocycles. The van der Waals surface area contributed by atoms with E-state index in [1.54, 1.807) is 6.92 Å². The van der Waals surface area contributed by atoms with Gasteiger partial charge in [-0.05, 0) is 12.8 Å². The van der Waals surface area contributed by atoms with Gasteiger partial charge in [0, 0.05) is 12.6 Å². The SMILES string of the molecule is CCCn1c(N)cc(=O)n(C(O)CC)c1=O. The first-order valence-corrected chi connectivity index (χ1v) is 5.32. The minimum atomic E-state index is -1.09. The summed E-state index contributed by atoms with van der Waals surface area (Å²) in [6.07, 6.45) is -0.0703. The van der Waals surface area contributed by atoms with Gasteiger partial charge in [0.1, 0.15) is 12.0 Å². The van der Waals surface area contributed by atoms with Crippen molar-refractivity contribution < 1.29 is 5.11 Å². The van der Waals surface area contributed by atoms with Gasteiger partial charge in [0.05, 0.1) is 0 Å². The number of nitrogens with two attached hydrogens (primary N) is 1. The minimum Gasteiger partial charge on any atom is -0.385 e. The number of nitrogens with zero attached hydrogens (tertiary/aromatic N) is 2. The Balaban J connectivity index is 3.45. The van der Waals surface area contributed by atoms with E-state index >= 15 is 0 Å². The lowest BCUT2D eigenvalue weighted by Crippen LogP contribution is -2.42. The average molecular weight is 227 g/mol. The molecule has 0 spiro atoms. The predicted molar refractivity (Wildman–Crippen MR) is 61.2 cm³/mol. The summed E-state index contributed by atoms with van der Waals surface area (Å²) in [5.74, 6) is 0.136. The molecular weight excluding hydrogens is 210 g/mol. The zero-order valence-corrected chi connectivity index (χ0v) is 9.51. The molecule has 0 amide bonds. The molecule has 6 heteroatoms. The molecule has 16 heavy (non-hydrogen) atoms. The summed E-state index contributed by atoms with van der Waals surface area (Å²) in [7, 11) is 0. The van der Waals surface area contributed by atoms with E-state index < -0.39 is 17.5 Å². The molecule has 0 aromatic carbocycles. The lowest BCUT2D eigenvalue weighted by atomic mass is 10.4. The maximum absolute atomic E-state index is 11.9. The zero-order chi connectivity index (χ0) is 12.3. The third kappa shape index (κ3) is 2.16. The summed E-state index contributed by atoms with van der Waals surface area (Å²) < 4.78 is 2.12. The fourth-order valence-corrected chi connectivity index (χ4v) is 1.51. The van der Waals surface area contributed by atoms with Crippen molar-refractivity contribution >= 4 is 5.82 Å². The maximum atomic E-state index is 11.9. The summed E-state index contributed by atoms with van der Waals surface area (Å²) in [5, 5.41) is 9.58. The van der Waals surface area contributed by atoms with Crippen molar-refractivity contribution in [2.45, 2.75) is 39.5 Å². The van der Waals surface area contributed by atoms with Crippen molar-refractivity contribution in [3.63, 3.8) is 0 Å². The molecule has 1 rings (SSSR count). The Morgan fingerprint density at radius 3 is 2.56 bits per heavy atom. The zero-order valence-electron chi connectivity index (χ0n) is 9.51. The van der Waals surface area contributed by atoms with Gasteiger partial charge >= 0.3 is 5.69 Å². The fourth-order valence-electron chi connectivity index (χ4n) is 1.51. The van der Waals surface area contributed by atoms with Crippen molar-refractivity contribution in [1.82, 2.24) is 9.13 Å². The van der Waals surface area contributed by atoms with Crippen LogP contribution in [-0.4, -0.2) is 14.2 Å². The van der Waals surface area contributed by atoms with Crippen molar-refractivity contribution in [3.8, 4) is 0 Å². The molecule has 1 heterocycles. The van der Waals surface area contributed by atoms with E-state index in [1.165, 1.54) is 4.57 Å². The Morgan fingerprint density at radius 1 is 1.44 bits per heavy atom. The summed E-state index contributed by atoms with van der Waals surface area (Å²) in [4.78, 5) is 23.4. The topological polar surface area (TPSA) is 90.2 Å². The van der Waals surface area contributed by atoms with Crippen molar-refractivity contribution in [2.24, 2.45) is 0 Å². The number of hydrogen-bond acceptors (Lipinski definition) is 4.